The van der Waals surface area contributed by atoms with Gasteiger partial charge in [0.05, 0.1) is 16.4 Å². The molecule has 0 unspecified atom stereocenters. The number of nitro groups is 1. The van der Waals surface area contributed by atoms with Gasteiger partial charge in [-0.15, -0.1) is 0 Å². The molecule has 1 amide bonds. The minimum absolute atomic E-state index is 0.158. The molecular formula is C8H10N4O5S. The lowest BCUT2D eigenvalue weighted by Gasteiger charge is -2.05. The number of nitrogens with zero attached hydrogens (tertiary/aromatic N) is 1. The number of nitrogens with one attached hydrogen (secondary N) is 1. The first-order chi connectivity index (χ1) is 8.24. The molecule has 1 rings (SSSR count). The van der Waals surface area contributed by atoms with Crippen LogP contribution in [-0.2, 0) is 14.8 Å². The van der Waals surface area contributed by atoms with Gasteiger partial charge in [0.1, 0.15) is 5.69 Å². The zero-order valence-electron chi connectivity index (χ0n) is 8.99. The molecule has 0 heterocycles. The zero-order chi connectivity index (χ0) is 13.9. The molecular weight excluding hydrogens is 264 g/mol. The second-order valence-electron chi connectivity index (χ2n) is 3.27. The van der Waals surface area contributed by atoms with Gasteiger partial charge in [-0.2, -0.15) is 0 Å². The highest BCUT2D eigenvalue weighted by Crippen LogP contribution is 2.24. The third-order valence-electron chi connectivity index (χ3n) is 1.95. The molecule has 0 atom stereocenters. The summed E-state index contributed by atoms with van der Waals surface area (Å²) in [5, 5.41) is 10.6. The first kappa shape index (κ1) is 13.9. The number of hydrogen-bond donors (Lipinski definition) is 3. The molecule has 0 aromatic heterocycles. The van der Waals surface area contributed by atoms with Crippen LogP contribution < -0.4 is 16.2 Å². The summed E-state index contributed by atoms with van der Waals surface area (Å²) in [6.45, 7) is -0.597. The van der Waals surface area contributed by atoms with E-state index in [-0.39, 0.29) is 10.6 Å². The fourth-order valence-corrected chi connectivity index (χ4v) is 2.11. The Balaban J connectivity index is 3.14. The number of hydrogen-bond acceptors (Lipinski definition) is 6. The molecule has 0 spiro atoms. The lowest BCUT2D eigenvalue weighted by molar-refractivity contribution is -0.384. The van der Waals surface area contributed by atoms with Gasteiger partial charge in [-0.3, -0.25) is 14.9 Å². The number of amides is 1. The van der Waals surface area contributed by atoms with Crippen LogP contribution in [0.2, 0.25) is 0 Å². The van der Waals surface area contributed by atoms with Gasteiger partial charge in [0.15, 0.2) is 0 Å². The number of primary amides is 1. The van der Waals surface area contributed by atoms with Gasteiger partial charge < -0.3 is 11.5 Å². The number of nitrogens with two attached hydrogens (primary N) is 2. The molecule has 9 nitrogen and oxygen atoms in total. The molecule has 0 saturated carbocycles. The Kier molecular flexibility index (Phi) is 3.83. The Morgan fingerprint density at radius 3 is 2.56 bits per heavy atom. The summed E-state index contributed by atoms with van der Waals surface area (Å²) in [4.78, 5) is 19.9. The van der Waals surface area contributed by atoms with E-state index in [2.05, 4.69) is 0 Å². The van der Waals surface area contributed by atoms with E-state index >= 15 is 0 Å². The van der Waals surface area contributed by atoms with Crippen molar-refractivity contribution < 1.29 is 18.1 Å². The van der Waals surface area contributed by atoms with E-state index in [0.29, 0.717) is 0 Å². The Morgan fingerprint density at radius 2 is 2.06 bits per heavy atom. The van der Waals surface area contributed by atoms with Crippen molar-refractivity contribution in [2.24, 2.45) is 5.73 Å². The maximum Gasteiger partial charge on any atom is 0.293 e. The normalized spacial score (nSPS) is 11.1. The lowest BCUT2D eigenvalue weighted by atomic mass is 10.3. The van der Waals surface area contributed by atoms with Crippen molar-refractivity contribution >= 4 is 27.3 Å². The second-order valence-corrected chi connectivity index (χ2v) is 5.04. The van der Waals surface area contributed by atoms with Crippen LogP contribution in [0.5, 0.6) is 0 Å². The second kappa shape index (κ2) is 4.98. The molecule has 98 valence electrons. The average Bonchev–Trinajstić information content (AvgIpc) is 2.26. The fraction of sp³-hybridized carbons (Fsp3) is 0.125. The first-order valence-corrected chi connectivity index (χ1v) is 6.04. The van der Waals surface area contributed by atoms with Crippen LogP contribution in [-0.4, -0.2) is 25.8 Å². The van der Waals surface area contributed by atoms with Crippen LogP contribution in [0, 0.1) is 10.1 Å². The summed E-state index contributed by atoms with van der Waals surface area (Å²) in [6, 6.07) is 2.99. The maximum atomic E-state index is 11.6. The van der Waals surface area contributed by atoms with E-state index in [9.17, 15) is 23.3 Å². The summed E-state index contributed by atoms with van der Waals surface area (Å²) in [5.41, 5.74) is 9.42. The van der Waals surface area contributed by atoms with Crippen LogP contribution in [0.15, 0.2) is 23.1 Å². The minimum atomic E-state index is -4.04. The molecule has 1 aromatic rings. The van der Waals surface area contributed by atoms with E-state index in [1.54, 1.807) is 0 Å². The number of anilines is 1. The quantitative estimate of drug-likeness (QED) is 0.352. The molecule has 18 heavy (non-hydrogen) atoms. The Morgan fingerprint density at radius 1 is 1.44 bits per heavy atom. The molecule has 0 aliphatic carbocycles. The maximum absolute atomic E-state index is 11.6. The van der Waals surface area contributed by atoms with Gasteiger partial charge in [0.25, 0.3) is 5.69 Å². The van der Waals surface area contributed by atoms with Gasteiger partial charge in [0.2, 0.25) is 15.9 Å². The molecule has 0 aliphatic rings. The molecule has 0 bridgehead atoms. The van der Waals surface area contributed by atoms with Crippen LogP contribution in [0.3, 0.4) is 0 Å². The average molecular weight is 274 g/mol. The molecule has 10 heteroatoms. The Labute approximate surface area is 102 Å². The number of nitrogen functional groups attached to an aromatic ring is 1. The number of nitro benzene ring substituents is 1. The van der Waals surface area contributed by atoms with Gasteiger partial charge in [-0.25, -0.2) is 13.1 Å². The summed E-state index contributed by atoms with van der Waals surface area (Å²) in [7, 11) is -4.04. The molecule has 0 aliphatic heterocycles. The number of rotatable bonds is 5. The topological polar surface area (TPSA) is 158 Å². The summed E-state index contributed by atoms with van der Waals surface area (Å²) >= 11 is 0. The summed E-state index contributed by atoms with van der Waals surface area (Å²) < 4.78 is 25.2. The standard InChI is InChI=1S/C8H10N4O5S/c9-6-2-1-5(3-7(6)12(14)15)18(16,17)11-4-8(10)13/h1-3,11H,4,9H2,(H2,10,13). The van der Waals surface area contributed by atoms with Crippen molar-refractivity contribution in [1.82, 2.24) is 4.72 Å². The fourth-order valence-electron chi connectivity index (χ4n) is 1.10. The van der Waals surface area contributed by atoms with E-state index in [0.717, 1.165) is 18.2 Å². The summed E-state index contributed by atoms with van der Waals surface area (Å²) in [6.07, 6.45) is 0. The van der Waals surface area contributed by atoms with Gasteiger partial charge in [-0.05, 0) is 12.1 Å². The monoisotopic (exact) mass is 274 g/mol. The highest BCUT2D eigenvalue weighted by atomic mass is 32.2. The number of carbonyl (C=O) groups excluding carboxylic acids is 1. The highest BCUT2D eigenvalue weighted by Gasteiger charge is 2.20. The minimum Gasteiger partial charge on any atom is -0.393 e. The van der Waals surface area contributed by atoms with Gasteiger partial charge in [-0.1, -0.05) is 0 Å². The zero-order valence-corrected chi connectivity index (χ0v) is 9.81. The highest BCUT2D eigenvalue weighted by molar-refractivity contribution is 7.89. The predicted molar refractivity (Wildman–Crippen MR) is 61.9 cm³/mol. The van der Waals surface area contributed by atoms with Crippen LogP contribution in [0.25, 0.3) is 0 Å². The smallest absolute Gasteiger partial charge is 0.293 e. The van der Waals surface area contributed by atoms with E-state index < -0.39 is 33.1 Å². The molecule has 1 aromatic carbocycles. The largest absolute Gasteiger partial charge is 0.393 e. The Hall–Kier alpha value is -2.20. The molecule has 5 N–H and O–H groups in total. The van der Waals surface area contributed by atoms with Crippen LogP contribution >= 0.6 is 0 Å². The van der Waals surface area contributed by atoms with E-state index in [1.807, 2.05) is 4.72 Å². The lowest BCUT2D eigenvalue weighted by Crippen LogP contribution is -2.33. The molecule has 0 fully saturated rings. The van der Waals surface area contributed by atoms with Gasteiger partial charge >= 0.3 is 0 Å². The van der Waals surface area contributed by atoms with Crippen LogP contribution in [0.1, 0.15) is 0 Å². The van der Waals surface area contributed by atoms with Crippen molar-refractivity contribution in [1.29, 1.82) is 0 Å². The first-order valence-electron chi connectivity index (χ1n) is 4.56. The molecule has 0 saturated heterocycles. The Bertz CT molecular complexity index is 598. The number of carbonyl (C=O) groups is 1. The number of benzene rings is 1. The van der Waals surface area contributed by atoms with Crippen molar-refractivity contribution in [2.45, 2.75) is 4.90 Å². The molecule has 0 radical (unpaired) electrons. The third-order valence-corrected chi connectivity index (χ3v) is 3.34. The van der Waals surface area contributed by atoms with Crippen molar-refractivity contribution in [2.75, 3.05) is 12.3 Å². The van der Waals surface area contributed by atoms with E-state index in [1.165, 1.54) is 0 Å². The van der Waals surface area contributed by atoms with Crippen molar-refractivity contribution in [3.63, 3.8) is 0 Å². The van der Waals surface area contributed by atoms with Crippen LogP contribution in [0.4, 0.5) is 11.4 Å². The predicted octanol–water partition coefficient (Wildman–Crippen LogP) is -1.06. The van der Waals surface area contributed by atoms with Crippen molar-refractivity contribution in [3.05, 3.63) is 28.3 Å². The third kappa shape index (κ3) is 3.15. The van der Waals surface area contributed by atoms with E-state index in [4.69, 9.17) is 11.5 Å². The SMILES string of the molecule is NC(=O)CNS(=O)(=O)c1ccc(N)c([N+](=O)[O-])c1. The summed E-state index contributed by atoms with van der Waals surface area (Å²) in [5.74, 6) is -0.872. The number of sulfonamides is 1. The van der Waals surface area contributed by atoms with Gasteiger partial charge in [0, 0.05) is 6.07 Å². The van der Waals surface area contributed by atoms with Crippen molar-refractivity contribution in [3.8, 4) is 0 Å².